The number of hydrogen-bond donors (Lipinski definition) is 1. The molecule has 0 atom stereocenters. The molecule has 0 saturated heterocycles. The molecule has 138 valence electrons. The number of hydrogen-bond acceptors (Lipinski definition) is 4. The van der Waals surface area contributed by atoms with E-state index in [1.54, 1.807) is 13.0 Å². The highest BCUT2D eigenvalue weighted by molar-refractivity contribution is 6.01. The molecule has 5 nitrogen and oxygen atoms in total. The van der Waals surface area contributed by atoms with E-state index in [-0.39, 0.29) is 23.9 Å². The van der Waals surface area contributed by atoms with Crippen LogP contribution >= 0.6 is 0 Å². The quantitative estimate of drug-likeness (QED) is 0.480. The fourth-order valence-electron chi connectivity index (χ4n) is 1.98. The minimum absolute atomic E-state index is 0.0210. The van der Waals surface area contributed by atoms with Gasteiger partial charge in [-0.05, 0) is 19.1 Å². The lowest BCUT2D eigenvalue weighted by atomic mass is 10.2. The summed E-state index contributed by atoms with van der Waals surface area (Å²) in [6.07, 6.45) is 0. The molecular weight excluding hydrogens is 358 g/mol. The average molecular weight is 371 g/mol. The maximum atomic E-state index is 13.5. The highest BCUT2D eigenvalue weighted by Crippen LogP contribution is 2.26. The number of amides is 1. The number of esters is 1. The van der Waals surface area contributed by atoms with Gasteiger partial charge in [0.1, 0.15) is 0 Å². The van der Waals surface area contributed by atoms with Gasteiger partial charge in [-0.25, -0.2) is 13.6 Å². The molecule has 0 heterocycles. The fourth-order valence-corrected chi connectivity index (χ4v) is 1.98. The predicted octanol–water partition coefficient (Wildman–Crippen LogP) is 3.44. The van der Waals surface area contributed by atoms with Crippen LogP contribution in [0.4, 0.5) is 23.2 Å². The van der Waals surface area contributed by atoms with Crippen molar-refractivity contribution >= 4 is 17.6 Å². The van der Waals surface area contributed by atoms with Gasteiger partial charge < -0.3 is 14.8 Å². The summed E-state index contributed by atoms with van der Waals surface area (Å²) in [6, 6.07) is 5.88. The SMILES string of the molecule is CCOC(=O)c1ccccc1NC(=O)COc1c(F)c(F)cc(F)c1F. The van der Waals surface area contributed by atoms with E-state index in [9.17, 15) is 27.2 Å². The topological polar surface area (TPSA) is 64.6 Å². The van der Waals surface area contributed by atoms with Gasteiger partial charge in [-0.2, -0.15) is 8.78 Å². The van der Waals surface area contributed by atoms with Crippen molar-refractivity contribution in [3.05, 3.63) is 59.2 Å². The molecule has 0 aliphatic rings. The fraction of sp³-hybridized carbons (Fsp3) is 0.176. The van der Waals surface area contributed by atoms with Crippen molar-refractivity contribution < 1.29 is 36.6 Å². The van der Waals surface area contributed by atoms with Crippen molar-refractivity contribution in [2.45, 2.75) is 6.92 Å². The standard InChI is InChI=1S/C17H13F4NO4/c1-2-25-17(24)9-5-3-4-6-12(9)22-13(23)8-26-16-14(20)10(18)7-11(19)15(16)21/h3-7H,2,8H2,1H3,(H,22,23). The van der Waals surface area contributed by atoms with E-state index in [0.717, 1.165) is 0 Å². The molecule has 0 saturated carbocycles. The number of carbonyl (C=O) groups is 2. The smallest absolute Gasteiger partial charge is 0.340 e. The number of halogens is 4. The molecule has 1 amide bonds. The van der Waals surface area contributed by atoms with Crippen LogP contribution in [0, 0.1) is 23.3 Å². The van der Waals surface area contributed by atoms with Gasteiger partial charge in [-0.1, -0.05) is 12.1 Å². The number of benzene rings is 2. The van der Waals surface area contributed by atoms with Gasteiger partial charge in [0, 0.05) is 6.07 Å². The van der Waals surface area contributed by atoms with Gasteiger partial charge in [-0.3, -0.25) is 4.79 Å². The summed E-state index contributed by atoms with van der Waals surface area (Å²) in [5.41, 5.74) is 0.128. The maximum Gasteiger partial charge on any atom is 0.340 e. The van der Waals surface area contributed by atoms with Crippen LogP contribution < -0.4 is 10.1 Å². The third-order valence-corrected chi connectivity index (χ3v) is 3.12. The second kappa shape index (κ2) is 8.32. The van der Waals surface area contributed by atoms with Crippen LogP contribution in [0.2, 0.25) is 0 Å². The Morgan fingerprint density at radius 3 is 2.27 bits per heavy atom. The van der Waals surface area contributed by atoms with Crippen LogP contribution in [0.15, 0.2) is 30.3 Å². The number of rotatable bonds is 6. The van der Waals surface area contributed by atoms with E-state index < -0.39 is 47.5 Å². The number of nitrogens with one attached hydrogen (secondary N) is 1. The Labute approximate surface area is 145 Å². The monoisotopic (exact) mass is 371 g/mol. The maximum absolute atomic E-state index is 13.5. The highest BCUT2D eigenvalue weighted by Gasteiger charge is 2.22. The summed E-state index contributed by atoms with van der Waals surface area (Å²) in [5.74, 6) is -9.79. The van der Waals surface area contributed by atoms with E-state index >= 15 is 0 Å². The summed E-state index contributed by atoms with van der Waals surface area (Å²) >= 11 is 0. The number of ether oxygens (including phenoxy) is 2. The van der Waals surface area contributed by atoms with Gasteiger partial charge in [0.2, 0.25) is 11.6 Å². The molecule has 0 unspecified atom stereocenters. The summed E-state index contributed by atoms with van der Waals surface area (Å²) in [4.78, 5) is 23.7. The van der Waals surface area contributed by atoms with E-state index in [0.29, 0.717) is 0 Å². The molecule has 2 aromatic carbocycles. The lowest BCUT2D eigenvalue weighted by Gasteiger charge is -2.12. The van der Waals surface area contributed by atoms with Crippen molar-refractivity contribution in [2.24, 2.45) is 0 Å². The third-order valence-electron chi connectivity index (χ3n) is 3.12. The van der Waals surface area contributed by atoms with E-state index in [4.69, 9.17) is 4.74 Å². The van der Waals surface area contributed by atoms with Crippen LogP contribution in [0.5, 0.6) is 5.75 Å². The van der Waals surface area contributed by atoms with E-state index in [1.807, 2.05) is 0 Å². The van der Waals surface area contributed by atoms with Gasteiger partial charge in [0.05, 0.1) is 17.9 Å². The first-order valence-corrected chi connectivity index (χ1v) is 7.37. The molecule has 0 aliphatic carbocycles. The Kier molecular flexibility index (Phi) is 6.16. The van der Waals surface area contributed by atoms with Crippen LogP contribution in [-0.4, -0.2) is 25.1 Å². The number of carbonyl (C=O) groups excluding carboxylic acids is 2. The molecule has 2 aromatic rings. The largest absolute Gasteiger partial charge is 0.477 e. The van der Waals surface area contributed by atoms with Gasteiger partial charge in [0.25, 0.3) is 5.91 Å². The molecule has 9 heteroatoms. The molecule has 26 heavy (non-hydrogen) atoms. The minimum Gasteiger partial charge on any atom is -0.477 e. The van der Waals surface area contributed by atoms with E-state index in [2.05, 4.69) is 10.1 Å². The predicted molar refractivity (Wildman–Crippen MR) is 82.8 cm³/mol. The van der Waals surface area contributed by atoms with Crippen LogP contribution in [0.1, 0.15) is 17.3 Å². The van der Waals surface area contributed by atoms with Crippen molar-refractivity contribution in [1.29, 1.82) is 0 Å². The molecular formula is C17H13F4NO4. The summed E-state index contributed by atoms with van der Waals surface area (Å²) in [5, 5.41) is 2.29. The first kappa shape index (κ1) is 19.2. The Morgan fingerprint density at radius 1 is 1.04 bits per heavy atom. The minimum atomic E-state index is -1.76. The zero-order valence-electron chi connectivity index (χ0n) is 13.4. The number of para-hydroxylation sites is 1. The second-order valence-electron chi connectivity index (χ2n) is 4.90. The molecule has 0 spiro atoms. The zero-order valence-corrected chi connectivity index (χ0v) is 13.4. The van der Waals surface area contributed by atoms with Crippen LogP contribution in [0.25, 0.3) is 0 Å². The Morgan fingerprint density at radius 2 is 1.65 bits per heavy atom. The van der Waals surface area contributed by atoms with Crippen molar-refractivity contribution in [1.82, 2.24) is 0 Å². The molecule has 0 aliphatic heterocycles. The zero-order chi connectivity index (χ0) is 19.3. The first-order chi connectivity index (χ1) is 12.3. The van der Waals surface area contributed by atoms with Gasteiger partial charge >= 0.3 is 5.97 Å². The Bertz CT molecular complexity index is 816. The molecule has 1 N–H and O–H groups in total. The Balaban J connectivity index is 2.11. The summed E-state index contributed by atoms with van der Waals surface area (Å²) < 4.78 is 62.5. The van der Waals surface area contributed by atoms with Crippen molar-refractivity contribution in [3.63, 3.8) is 0 Å². The van der Waals surface area contributed by atoms with Crippen molar-refractivity contribution in [2.75, 3.05) is 18.5 Å². The van der Waals surface area contributed by atoms with Crippen LogP contribution in [-0.2, 0) is 9.53 Å². The number of anilines is 1. The average Bonchev–Trinajstić information content (AvgIpc) is 2.60. The van der Waals surface area contributed by atoms with Gasteiger partial charge in [-0.15, -0.1) is 0 Å². The van der Waals surface area contributed by atoms with Crippen molar-refractivity contribution in [3.8, 4) is 5.75 Å². The molecule has 0 bridgehead atoms. The normalized spacial score (nSPS) is 10.3. The lowest BCUT2D eigenvalue weighted by molar-refractivity contribution is -0.118. The summed E-state index contributed by atoms with van der Waals surface area (Å²) in [6.45, 7) is 0.774. The molecule has 0 radical (unpaired) electrons. The lowest BCUT2D eigenvalue weighted by Crippen LogP contribution is -2.22. The Hall–Kier alpha value is -3.10. The van der Waals surface area contributed by atoms with Gasteiger partial charge in [0.15, 0.2) is 24.0 Å². The first-order valence-electron chi connectivity index (χ1n) is 7.37. The summed E-state index contributed by atoms with van der Waals surface area (Å²) in [7, 11) is 0. The molecule has 0 aromatic heterocycles. The molecule has 2 rings (SSSR count). The third kappa shape index (κ3) is 4.29. The van der Waals surface area contributed by atoms with E-state index in [1.165, 1.54) is 18.2 Å². The molecule has 0 fully saturated rings. The van der Waals surface area contributed by atoms with Crippen LogP contribution in [0.3, 0.4) is 0 Å². The highest BCUT2D eigenvalue weighted by atomic mass is 19.2. The second-order valence-corrected chi connectivity index (χ2v) is 4.90.